The monoisotopic (exact) mass is 514 g/mol. The topological polar surface area (TPSA) is 51.9 Å². The molecule has 4 aliphatic rings. The Morgan fingerprint density at radius 1 is 0.714 bits per heavy atom. The number of nitrogens with zero attached hydrogens (tertiary/aromatic N) is 5. The van der Waals surface area contributed by atoms with E-state index >= 15 is 0 Å². The van der Waals surface area contributed by atoms with E-state index in [0.29, 0.717) is 5.13 Å². The number of thiophene rings is 1. The zero-order valence-corrected chi connectivity index (χ0v) is 22.8. The minimum Gasteiger partial charge on any atom is -0.375 e. The molecule has 2 aromatic rings. The number of nitrogens with two attached hydrogens (primary N) is 1. The van der Waals surface area contributed by atoms with Crippen molar-refractivity contribution in [3.05, 3.63) is 11.4 Å². The molecule has 0 spiro atoms. The molecule has 8 heteroatoms. The molecule has 4 heterocycles. The molecule has 35 heavy (non-hydrogen) atoms. The predicted octanol–water partition coefficient (Wildman–Crippen LogP) is 5.36. The van der Waals surface area contributed by atoms with Crippen molar-refractivity contribution < 1.29 is 0 Å². The van der Waals surface area contributed by atoms with Crippen LogP contribution in [0.4, 0.5) is 15.8 Å². The standard InChI is InChI=1S/C27H42N6S2/c28-27-29-25(26(35-27)33-17-15-31(16-18-33)22-9-5-2-6-10-22)24-19-23(20-34-24)32-13-11-30(12-14-32)21-7-3-1-4-8-21/h19-22H,1-18H2,(H2,28,29). The summed E-state index contributed by atoms with van der Waals surface area (Å²) < 4.78 is 0. The molecular weight excluding hydrogens is 472 g/mol. The number of hydrogen-bond acceptors (Lipinski definition) is 8. The van der Waals surface area contributed by atoms with Gasteiger partial charge in [-0.2, -0.15) is 0 Å². The van der Waals surface area contributed by atoms with Crippen LogP contribution < -0.4 is 15.5 Å². The second kappa shape index (κ2) is 11.0. The summed E-state index contributed by atoms with van der Waals surface area (Å²) in [6.45, 7) is 9.21. The van der Waals surface area contributed by atoms with Crippen LogP contribution in [0.2, 0.25) is 0 Å². The number of piperazine rings is 2. The van der Waals surface area contributed by atoms with E-state index in [1.807, 2.05) is 11.3 Å². The summed E-state index contributed by atoms with van der Waals surface area (Å²) in [7, 11) is 0. The molecular formula is C27H42N6S2. The van der Waals surface area contributed by atoms with E-state index < -0.39 is 0 Å². The Labute approximate surface area is 219 Å². The van der Waals surface area contributed by atoms with E-state index in [4.69, 9.17) is 10.7 Å². The third kappa shape index (κ3) is 5.36. The first-order valence-electron chi connectivity index (χ1n) is 14.1. The highest BCUT2D eigenvalue weighted by atomic mass is 32.1. The maximum Gasteiger partial charge on any atom is 0.182 e. The van der Waals surface area contributed by atoms with Gasteiger partial charge in [0.2, 0.25) is 0 Å². The van der Waals surface area contributed by atoms with Crippen LogP contribution in [0.1, 0.15) is 64.2 Å². The molecule has 6 nitrogen and oxygen atoms in total. The van der Waals surface area contributed by atoms with Gasteiger partial charge in [0, 0.05) is 75.5 Å². The SMILES string of the molecule is Nc1nc(-c2cc(N3CCN(C4CCCCC4)CC3)cs2)c(N2CCN(C3CCCCC3)CC2)s1. The van der Waals surface area contributed by atoms with Gasteiger partial charge in [0.25, 0.3) is 0 Å². The number of rotatable bonds is 5. The van der Waals surface area contributed by atoms with E-state index in [1.165, 1.54) is 106 Å². The zero-order chi connectivity index (χ0) is 23.6. The summed E-state index contributed by atoms with van der Waals surface area (Å²) in [5.74, 6) is 0. The van der Waals surface area contributed by atoms with Crippen LogP contribution in [-0.2, 0) is 0 Å². The normalized spacial score (nSPS) is 24.3. The highest BCUT2D eigenvalue weighted by molar-refractivity contribution is 7.20. The van der Waals surface area contributed by atoms with Gasteiger partial charge in [-0.25, -0.2) is 4.98 Å². The van der Waals surface area contributed by atoms with Gasteiger partial charge >= 0.3 is 0 Å². The zero-order valence-electron chi connectivity index (χ0n) is 21.2. The first kappa shape index (κ1) is 24.0. The summed E-state index contributed by atoms with van der Waals surface area (Å²) in [5.41, 5.74) is 8.74. The Kier molecular flexibility index (Phi) is 7.51. The molecule has 0 aromatic carbocycles. The molecule has 0 radical (unpaired) electrons. The van der Waals surface area contributed by atoms with Crippen molar-refractivity contribution in [3.8, 4) is 10.6 Å². The third-order valence-electron chi connectivity index (χ3n) is 8.91. The fraction of sp³-hybridized carbons (Fsp3) is 0.741. The number of nitrogen functional groups attached to an aromatic ring is 1. The van der Waals surface area contributed by atoms with Crippen LogP contribution in [0.25, 0.3) is 10.6 Å². The predicted molar refractivity (Wildman–Crippen MR) is 151 cm³/mol. The number of thiazole rings is 1. The molecule has 4 fully saturated rings. The lowest BCUT2D eigenvalue weighted by molar-refractivity contribution is 0.148. The van der Waals surface area contributed by atoms with Crippen molar-refractivity contribution in [1.82, 2.24) is 14.8 Å². The smallest absolute Gasteiger partial charge is 0.182 e. The highest BCUT2D eigenvalue weighted by Gasteiger charge is 2.29. The summed E-state index contributed by atoms with van der Waals surface area (Å²) in [5, 5.41) is 4.31. The van der Waals surface area contributed by atoms with Gasteiger partial charge in [0.15, 0.2) is 5.13 Å². The summed E-state index contributed by atoms with van der Waals surface area (Å²) in [6.07, 6.45) is 14.1. The average Bonchev–Trinajstić information content (AvgIpc) is 3.57. The van der Waals surface area contributed by atoms with Gasteiger partial charge in [-0.3, -0.25) is 9.80 Å². The first-order chi connectivity index (χ1) is 17.2. The van der Waals surface area contributed by atoms with Crippen molar-refractivity contribution in [2.45, 2.75) is 76.3 Å². The fourth-order valence-corrected chi connectivity index (χ4v) is 8.72. The average molecular weight is 515 g/mol. The molecule has 2 saturated carbocycles. The highest BCUT2D eigenvalue weighted by Crippen LogP contribution is 2.42. The molecule has 6 rings (SSSR count). The summed E-state index contributed by atoms with van der Waals surface area (Å²) >= 11 is 3.51. The van der Waals surface area contributed by atoms with Crippen LogP contribution in [-0.4, -0.2) is 79.2 Å². The van der Waals surface area contributed by atoms with Gasteiger partial charge in [-0.1, -0.05) is 49.9 Å². The Bertz CT molecular complexity index is 945. The van der Waals surface area contributed by atoms with E-state index in [2.05, 4.69) is 31.0 Å². The van der Waals surface area contributed by atoms with Crippen molar-refractivity contribution in [1.29, 1.82) is 0 Å². The van der Waals surface area contributed by atoms with Crippen LogP contribution >= 0.6 is 22.7 Å². The fourth-order valence-electron chi connectivity index (χ4n) is 6.85. The second-order valence-corrected chi connectivity index (χ2v) is 12.9. The molecule has 2 aliphatic carbocycles. The minimum atomic E-state index is 0.695. The molecule has 192 valence electrons. The Morgan fingerprint density at radius 3 is 1.83 bits per heavy atom. The van der Waals surface area contributed by atoms with Crippen LogP contribution in [0.5, 0.6) is 0 Å². The van der Waals surface area contributed by atoms with Gasteiger partial charge in [0.1, 0.15) is 10.7 Å². The van der Waals surface area contributed by atoms with Gasteiger partial charge in [-0.05, 0) is 31.7 Å². The Balaban J connectivity index is 1.09. The third-order valence-corrected chi connectivity index (χ3v) is 10.8. The number of aromatic nitrogens is 1. The maximum atomic E-state index is 6.26. The van der Waals surface area contributed by atoms with Crippen LogP contribution in [0.15, 0.2) is 11.4 Å². The van der Waals surface area contributed by atoms with Crippen LogP contribution in [0.3, 0.4) is 0 Å². The minimum absolute atomic E-state index is 0.695. The Morgan fingerprint density at radius 2 is 1.26 bits per heavy atom. The van der Waals surface area contributed by atoms with Crippen molar-refractivity contribution in [2.24, 2.45) is 0 Å². The van der Waals surface area contributed by atoms with E-state index in [0.717, 1.165) is 44.0 Å². The first-order valence-corrected chi connectivity index (χ1v) is 15.8. The van der Waals surface area contributed by atoms with Gasteiger partial charge < -0.3 is 15.5 Å². The molecule has 2 N–H and O–H groups in total. The molecule has 0 unspecified atom stereocenters. The summed E-state index contributed by atoms with van der Waals surface area (Å²) in [4.78, 5) is 16.7. The quantitative estimate of drug-likeness (QED) is 0.579. The molecule has 0 atom stereocenters. The Hall–Kier alpha value is -1.35. The van der Waals surface area contributed by atoms with Gasteiger partial charge in [0.05, 0.1) is 4.88 Å². The van der Waals surface area contributed by atoms with E-state index in [-0.39, 0.29) is 0 Å². The number of hydrogen-bond donors (Lipinski definition) is 1. The van der Waals surface area contributed by atoms with Crippen molar-refractivity contribution >= 4 is 38.5 Å². The lowest BCUT2D eigenvalue weighted by atomic mass is 9.94. The lowest BCUT2D eigenvalue weighted by Crippen LogP contribution is -2.50. The second-order valence-electron chi connectivity index (χ2n) is 11.0. The van der Waals surface area contributed by atoms with Crippen molar-refractivity contribution in [2.75, 3.05) is 67.9 Å². The molecule has 2 saturated heterocycles. The lowest BCUT2D eigenvalue weighted by Gasteiger charge is -2.41. The molecule has 0 bridgehead atoms. The maximum absolute atomic E-state index is 6.26. The molecule has 0 amide bonds. The molecule has 2 aromatic heterocycles. The van der Waals surface area contributed by atoms with E-state index in [9.17, 15) is 0 Å². The number of anilines is 3. The van der Waals surface area contributed by atoms with Gasteiger partial charge in [-0.15, -0.1) is 11.3 Å². The van der Waals surface area contributed by atoms with E-state index in [1.54, 1.807) is 11.3 Å². The largest absolute Gasteiger partial charge is 0.375 e. The summed E-state index contributed by atoms with van der Waals surface area (Å²) in [6, 6.07) is 4.02. The molecule has 2 aliphatic heterocycles. The van der Waals surface area contributed by atoms with Crippen molar-refractivity contribution in [3.63, 3.8) is 0 Å². The van der Waals surface area contributed by atoms with Crippen LogP contribution in [0, 0.1) is 0 Å².